The Morgan fingerprint density at radius 2 is 1.78 bits per heavy atom. The first-order chi connectivity index (χ1) is 15.6. The molecule has 0 unspecified atom stereocenters. The standard InChI is InChI=1S/C25H28ClN3O3/c1-31-21-12-8-19(9-13-21)24-16-22(28-32-24)25(30)27-17-23(18-6-10-20(26)11-7-18)29-14-4-2-3-5-15-29/h6-13,16,23H,2-5,14-15,17H2,1H3,(H,27,30)/t23-/m0/s1. The number of nitrogens with zero attached hydrogens (tertiary/aromatic N) is 2. The molecule has 168 valence electrons. The van der Waals surface area contributed by atoms with E-state index in [-0.39, 0.29) is 17.6 Å². The van der Waals surface area contributed by atoms with Gasteiger partial charge in [0, 0.05) is 23.2 Å². The molecule has 1 saturated heterocycles. The maximum atomic E-state index is 12.8. The molecule has 2 heterocycles. The number of methoxy groups -OCH3 is 1. The number of ether oxygens (including phenoxy) is 1. The molecular weight excluding hydrogens is 426 g/mol. The largest absolute Gasteiger partial charge is 0.497 e. The first-order valence-corrected chi connectivity index (χ1v) is 11.4. The highest BCUT2D eigenvalue weighted by atomic mass is 35.5. The fourth-order valence-corrected chi connectivity index (χ4v) is 4.23. The third kappa shape index (κ3) is 5.50. The molecule has 3 aromatic rings. The van der Waals surface area contributed by atoms with Crippen molar-refractivity contribution in [3.63, 3.8) is 0 Å². The molecule has 0 aliphatic carbocycles. The lowest BCUT2D eigenvalue weighted by molar-refractivity contribution is 0.0924. The first-order valence-electron chi connectivity index (χ1n) is 11.0. The predicted octanol–water partition coefficient (Wildman–Crippen LogP) is 5.35. The maximum absolute atomic E-state index is 12.8. The number of carbonyl (C=O) groups is 1. The van der Waals surface area contributed by atoms with E-state index in [4.69, 9.17) is 20.9 Å². The van der Waals surface area contributed by atoms with Gasteiger partial charge in [0.05, 0.1) is 13.2 Å². The van der Waals surface area contributed by atoms with E-state index in [2.05, 4.69) is 15.4 Å². The Balaban J connectivity index is 1.45. The van der Waals surface area contributed by atoms with E-state index in [9.17, 15) is 4.79 Å². The van der Waals surface area contributed by atoms with Gasteiger partial charge < -0.3 is 14.6 Å². The molecule has 1 amide bonds. The zero-order valence-corrected chi connectivity index (χ0v) is 19.0. The molecule has 0 saturated carbocycles. The van der Waals surface area contributed by atoms with Crippen molar-refractivity contribution in [1.29, 1.82) is 0 Å². The van der Waals surface area contributed by atoms with E-state index in [0.717, 1.165) is 30.0 Å². The summed E-state index contributed by atoms with van der Waals surface area (Å²) < 4.78 is 10.6. The SMILES string of the molecule is COc1ccc(-c2cc(C(=O)NC[C@@H](c3ccc(Cl)cc3)N3CCCCCC3)no2)cc1. The third-order valence-corrected chi connectivity index (χ3v) is 6.16. The number of amides is 1. The lowest BCUT2D eigenvalue weighted by atomic mass is 10.0. The number of aromatic nitrogens is 1. The van der Waals surface area contributed by atoms with Crippen LogP contribution < -0.4 is 10.1 Å². The fourth-order valence-electron chi connectivity index (χ4n) is 4.10. The van der Waals surface area contributed by atoms with Crippen LogP contribution in [-0.2, 0) is 0 Å². The van der Waals surface area contributed by atoms with Crippen LogP contribution in [0, 0.1) is 0 Å². The van der Waals surface area contributed by atoms with Crippen LogP contribution in [0.3, 0.4) is 0 Å². The quantitative estimate of drug-likeness (QED) is 0.522. The topological polar surface area (TPSA) is 67.6 Å². The van der Waals surface area contributed by atoms with Gasteiger partial charge in [0.15, 0.2) is 11.5 Å². The Labute approximate surface area is 193 Å². The second kappa shape index (κ2) is 10.7. The Morgan fingerprint density at radius 3 is 2.44 bits per heavy atom. The molecule has 0 bridgehead atoms. The number of benzene rings is 2. The normalized spacial score (nSPS) is 15.7. The lowest BCUT2D eigenvalue weighted by Crippen LogP contribution is -2.38. The molecule has 6 nitrogen and oxygen atoms in total. The summed E-state index contributed by atoms with van der Waals surface area (Å²) in [6.07, 6.45) is 4.85. The second-order valence-electron chi connectivity index (χ2n) is 8.03. The smallest absolute Gasteiger partial charge is 0.273 e. The molecule has 1 aliphatic rings. The minimum atomic E-state index is -0.248. The Bertz CT molecular complexity index is 1010. The van der Waals surface area contributed by atoms with E-state index >= 15 is 0 Å². The van der Waals surface area contributed by atoms with Crippen molar-refractivity contribution in [3.8, 4) is 17.1 Å². The molecule has 0 spiro atoms. The van der Waals surface area contributed by atoms with E-state index in [1.54, 1.807) is 13.2 Å². The lowest BCUT2D eigenvalue weighted by Gasteiger charge is -2.31. The van der Waals surface area contributed by atoms with Gasteiger partial charge in [-0.25, -0.2) is 0 Å². The second-order valence-corrected chi connectivity index (χ2v) is 8.47. The van der Waals surface area contributed by atoms with Crippen molar-refractivity contribution in [1.82, 2.24) is 15.4 Å². The van der Waals surface area contributed by atoms with Crippen molar-refractivity contribution >= 4 is 17.5 Å². The van der Waals surface area contributed by atoms with Crippen LogP contribution in [0.2, 0.25) is 5.02 Å². The Morgan fingerprint density at radius 1 is 1.09 bits per heavy atom. The van der Waals surface area contributed by atoms with Gasteiger partial charge in [-0.2, -0.15) is 0 Å². The van der Waals surface area contributed by atoms with Crippen LogP contribution in [0.4, 0.5) is 0 Å². The van der Waals surface area contributed by atoms with Crippen LogP contribution in [0.15, 0.2) is 59.1 Å². The van der Waals surface area contributed by atoms with E-state index in [0.29, 0.717) is 17.3 Å². The minimum absolute atomic E-state index is 0.0854. The molecule has 4 rings (SSSR count). The number of likely N-dealkylation sites (tertiary alicyclic amines) is 1. The van der Waals surface area contributed by atoms with Crippen molar-refractivity contribution in [2.45, 2.75) is 31.7 Å². The summed E-state index contributed by atoms with van der Waals surface area (Å²) in [4.78, 5) is 15.3. The summed E-state index contributed by atoms with van der Waals surface area (Å²) in [5.74, 6) is 1.05. The average molecular weight is 454 g/mol. The van der Waals surface area contributed by atoms with Crippen molar-refractivity contribution in [2.75, 3.05) is 26.7 Å². The number of hydrogen-bond acceptors (Lipinski definition) is 5. The molecule has 2 aromatic carbocycles. The molecule has 7 heteroatoms. The molecule has 1 aliphatic heterocycles. The number of halogens is 1. The average Bonchev–Trinajstić information content (AvgIpc) is 3.17. The predicted molar refractivity (Wildman–Crippen MR) is 125 cm³/mol. The highest BCUT2D eigenvalue weighted by Crippen LogP contribution is 2.26. The van der Waals surface area contributed by atoms with Gasteiger partial charge in [-0.3, -0.25) is 9.69 Å². The molecular formula is C25H28ClN3O3. The molecule has 1 fully saturated rings. The summed E-state index contributed by atoms with van der Waals surface area (Å²) in [5.41, 5.74) is 2.25. The van der Waals surface area contributed by atoms with E-state index in [1.807, 2.05) is 48.5 Å². The Hall–Kier alpha value is -2.83. The van der Waals surface area contributed by atoms with E-state index in [1.165, 1.54) is 25.7 Å². The summed E-state index contributed by atoms with van der Waals surface area (Å²) in [7, 11) is 1.62. The summed E-state index contributed by atoms with van der Waals surface area (Å²) in [6.45, 7) is 2.54. The number of rotatable bonds is 7. The van der Waals surface area contributed by atoms with Gasteiger partial charge in [-0.05, 0) is 67.9 Å². The van der Waals surface area contributed by atoms with Crippen LogP contribution >= 0.6 is 11.6 Å². The van der Waals surface area contributed by atoms with E-state index < -0.39 is 0 Å². The van der Waals surface area contributed by atoms with Crippen LogP contribution in [0.5, 0.6) is 5.75 Å². The zero-order valence-electron chi connectivity index (χ0n) is 18.2. The van der Waals surface area contributed by atoms with Gasteiger partial charge in [0.2, 0.25) is 0 Å². The van der Waals surface area contributed by atoms with Gasteiger partial charge in [0.1, 0.15) is 5.75 Å². The first kappa shape index (κ1) is 22.4. The van der Waals surface area contributed by atoms with Crippen molar-refractivity contribution in [2.24, 2.45) is 0 Å². The monoisotopic (exact) mass is 453 g/mol. The van der Waals surface area contributed by atoms with Crippen molar-refractivity contribution in [3.05, 3.63) is 70.9 Å². The minimum Gasteiger partial charge on any atom is -0.497 e. The van der Waals surface area contributed by atoms with Gasteiger partial charge in [0.25, 0.3) is 5.91 Å². The molecule has 0 radical (unpaired) electrons. The highest BCUT2D eigenvalue weighted by molar-refractivity contribution is 6.30. The van der Waals surface area contributed by atoms with Crippen LogP contribution in [0.25, 0.3) is 11.3 Å². The molecule has 1 N–H and O–H groups in total. The number of nitrogens with one attached hydrogen (secondary N) is 1. The Kier molecular flexibility index (Phi) is 7.45. The summed E-state index contributed by atoms with van der Waals surface area (Å²) in [6, 6.07) is 17.1. The summed E-state index contributed by atoms with van der Waals surface area (Å²) in [5, 5.41) is 7.74. The third-order valence-electron chi connectivity index (χ3n) is 5.91. The van der Waals surface area contributed by atoms with Gasteiger partial charge >= 0.3 is 0 Å². The maximum Gasteiger partial charge on any atom is 0.273 e. The molecule has 1 atom stereocenters. The van der Waals surface area contributed by atoms with Crippen molar-refractivity contribution < 1.29 is 14.1 Å². The zero-order chi connectivity index (χ0) is 22.3. The fraction of sp³-hybridized carbons (Fsp3) is 0.360. The number of hydrogen-bond donors (Lipinski definition) is 1. The van der Waals surface area contributed by atoms with Gasteiger partial charge in [-0.1, -0.05) is 41.7 Å². The number of carbonyl (C=O) groups excluding carboxylic acids is 1. The van der Waals surface area contributed by atoms with Gasteiger partial charge in [-0.15, -0.1) is 0 Å². The van der Waals surface area contributed by atoms with Crippen LogP contribution in [-0.4, -0.2) is 42.7 Å². The summed E-state index contributed by atoms with van der Waals surface area (Å²) >= 11 is 6.10. The molecule has 32 heavy (non-hydrogen) atoms. The highest BCUT2D eigenvalue weighted by Gasteiger charge is 2.23. The molecule has 1 aromatic heterocycles. The van der Waals surface area contributed by atoms with Crippen LogP contribution in [0.1, 0.15) is 47.8 Å².